The van der Waals surface area contributed by atoms with Crippen molar-refractivity contribution in [1.29, 1.82) is 0 Å². The molecule has 1 aliphatic carbocycles. The Balaban J connectivity index is 2.05. The molecule has 0 bridgehead atoms. The van der Waals surface area contributed by atoms with E-state index in [0.29, 0.717) is 23.6 Å². The van der Waals surface area contributed by atoms with Crippen LogP contribution in [0.3, 0.4) is 0 Å². The number of fused-ring (bicyclic) bond motifs is 1. The minimum Gasteiger partial charge on any atom is -0.274 e. The number of amides is 2. The Morgan fingerprint density at radius 2 is 1.70 bits per heavy atom. The highest BCUT2D eigenvalue weighted by molar-refractivity contribution is 9.10. The lowest BCUT2D eigenvalue weighted by atomic mass is 9.85. The molecule has 2 aliphatic rings. The summed E-state index contributed by atoms with van der Waals surface area (Å²) in [5.74, 6) is -0.639. The molecule has 0 saturated carbocycles. The average Bonchev–Trinajstić information content (AvgIpc) is 2.68. The van der Waals surface area contributed by atoms with E-state index >= 15 is 0 Å². The predicted molar refractivity (Wildman–Crippen MR) is 81.7 cm³/mol. The van der Waals surface area contributed by atoms with Gasteiger partial charge in [0.15, 0.2) is 0 Å². The maximum atomic E-state index is 12.5. The molecule has 1 heterocycles. The number of aryl methyl sites for hydroxylation is 1. The van der Waals surface area contributed by atoms with Crippen molar-refractivity contribution in [2.45, 2.75) is 19.8 Å². The van der Waals surface area contributed by atoms with Crippen LogP contribution in [0.1, 0.15) is 18.4 Å². The largest absolute Gasteiger partial charge is 0.274 e. The van der Waals surface area contributed by atoms with Crippen molar-refractivity contribution in [2.75, 3.05) is 4.90 Å². The van der Waals surface area contributed by atoms with Crippen LogP contribution in [-0.4, -0.2) is 11.8 Å². The highest BCUT2D eigenvalue weighted by Gasteiger charge is 2.48. The van der Waals surface area contributed by atoms with Crippen molar-refractivity contribution in [1.82, 2.24) is 0 Å². The number of rotatable bonds is 1. The van der Waals surface area contributed by atoms with E-state index in [4.69, 9.17) is 11.6 Å². The summed E-state index contributed by atoms with van der Waals surface area (Å²) >= 11 is 9.45. The first-order valence-corrected chi connectivity index (χ1v) is 7.66. The number of hydrogen-bond acceptors (Lipinski definition) is 2. The number of imide groups is 1. The maximum absolute atomic E-state index is 12.5. The molecular formula is C15H13BrClNO2. The van der Waals surface area contributed by atoms with E-state index in [1.165, 1.54) is 4.90 Å². The van der Waals surface area contributed by atoms with Crippen molar-refractivity contribution in [3.05, 3.63) is 39.3 Å². The Bertz CT molecular complexity index is 615. The van der Waals surface area contributed by atoms with Crippen LogP contribution in [0.2, 0.25) is 5.02 Å². The van der Waals surface area contributed by atoms with Crippen molar-refractivity contribution in [3.63, 3.8) is 0 Å². The summed E-state index contributed by atoms with van der Waals surface area (Å²) in [5.41, 5.74) is 1.46. The van der Waals surface area contributed by atoms with E-state index in [2.05, 4.69) is 15.9 Å². The van der Waals surface area contributed by atoms with Crippen LogP contribution in [0.25, 0.3) is 0 Å². The van der Waals surface area contributed by atoms with Crippen LogP contribution in [0.5, 0.6) is 0 Å². The van der Waals surface area contributed by atoms with E-state index in [9.17, 15) is 9.59 Å². The van der Waals surface area contributed by atoms with Crippen LogP contribution < -0.4 is 4.90 Å². The van der Waals surface area contributed by atoms with E-state index in [0.717, 1.165) is 10.0 Å². The second-order valence-corrected chi connectivity index (χ2v) is 6.48. The molecule has 104 valence electrons. The second-order valence-electron chi connectivity index (χ2n) is 5.22. The third-order valence-corrected chi connectivity index (χ3v) is 5.18. The summed E-state index contributed by atoms with van der Waals surface area (Å²) in [6.45, 7) is 1.87. The average molecular weight is 355 g/mol. The Morgan fingerprint density at radius 3 is 2.25 bits per heavy atom. The lowest BCUT2D eigenvalue weighted by Gasteiger charge is -2.18. The van der Waals surface area contributed by atoms with E-state index < -0.39 is 0 Å². The van der Waals surface area contributed by atoms with Gasteiger partial charge in [-0.3, -0.25) is 9.59 Å². The van der Waals surface area contributed by atoms with Crippen LogP contribution >= 0.6 is 27.5 Å². The second kappa shape index (κ2) is 5.01. The minimum atomic E-state index is -0.214. The number of nitrogens with zero attached hydrogens (tertiary/aromatic N) is 1. The zero-order chi connectivity index (χ0) is 14.4. The first-order valence-electron chi connectivity index (χ1n) is 6.49. The molecule has 1 aliphatic heterocycles. The molecular weight excluding hydrogens is 342 g/mol. The van der Waals surface area contributed by atoms with Crippen molar-refractivity contribution in [2.24, 2.45) is 11.8 Å². The predicted octanol–water partition coefficient (Wildman–Crippen LogP) is 3.87. The van der Waals surface area contributed by atoms with Gasteiger partial charge < -0.3 is 0 Å². The highest BCUT2D eigenvalue weighted by Crippen LogP contribution is 2.40. The number of anilines is 1. The topological polar surface area (TPSA) is 37.4 Å². The fourth-order valence-electron chi connectivity index (χ4n) is 2.91. The Morgan fingerprint density at radius 1 is 1.15 bits per heavy atom. The first-order chi connectivity index (χ1) is 9.50. The molecule has 0 spiro atoms. The van der Waals surface area contributed by atoms with Gasteiger partial charge in [-0.2, -0.15) is 0 Å². The zero-order valence-electron chi connectivity index (χ0n) is 10.9. The molecule has 5 heteroatoms. The third kappa shape index (κ3) is 2.02. The zero-order valence-corrected chi connectivity index (χ0v) is 13.2. The van der Waals surface area contributed by atoms with Gasteiger partial charge in [-0.05, 0) is 53.4 Å². The lowest BCUT2D eigenvalue weighted by molar-refractivity contribution is -0.122. The molecule has 2 unspecified atom stereocenters. The molecule has 0 aromatic heterocycles. The van der Waals surface area contributed by atoms with Crippen molar-refractivity contribution >= 4 is 45.0 Å². The van der Waals surface area contributed by atoms with Gasteiger partial charge in [0.2, 0.25) is 11.8 Å². The first kappa shape index (κ1) is 13.8. The SMILES string of the molecule is Cc1cc(Br)c(Cl)cc1N1C(=O)C2CC=CCC2C1=O. The van der Waals surface area contributed by atoms with Crippen molar-refractivity contribution < 1.29 is 9.59 Å². The van der Waals surface area contributed by atoms with E-state index in [1.54, 1.807) is 6.07 Å². The molecule has 0 radical (unpaired) electrons. The molecule has 1 aromatic carbocycles. The van der Waals surface area contributed by atoms with Gasteiger partial charge in [-0.1, -0.05) is 23.8 Å². The summed E-state index contributed by atoms with van der Waals surface area (Å²) in [6, 6.07) is 3.51. The molecule has 0 N–H and O–H groups in total. The van der Waals surface area contributed by atoms with Crippen LogP contribution in [-0.2, 0) is 9.59 Å². The highest BCUT2D eigenvalue weighted by atomic mass is 79.9. The number of halogens is 2. The summed E-state index contributed by atoms with van der Waals surface area (Å²) in [7, 11) is 0. The van der Waals surface area contributed by atoms with Gasteiger partial charge in [0.1, 0.15) is 0 Å². The standard InChI is InChI=1S/C15H13BrClNO2/c1-8-6-11(16)12(17)7-13(8)18-14(19)9-4-2-3-5-10(9)15(18)20/h2-3,6-7,9-10H,4-5H2,1H3. The molecule has 1 fully saturated rings. The van der Waals surface area contributed by atoms with Gasteiger partial charge in [-0.15, -0.1) is 0 Å². The molecule has 2 atom stereocenters. The van der Waals surface area contributed by atoms with E-state index in [-0.39, 0.29) is 23.7 Å². The number of hydrogen-bond donors (Lipinski definition) is 0. The van der Waals surface area contributed by atoms with Crippen LogP contribution in [0.15, 0.2) is 28.8 Å². The molecule has 2 amide bonds. The van der Waals surface area contributed by atoms with Gasteiger partial charge >= 0.3 is 0 Å². The monoisotopic (exact) mass is 353 g/mol. The quantitative estimate of drug-likeness (QED) is 0.567. The molecule has 20 heavy (non-hydrogen) atoms. The van der Waals surface area contributed by atoms with Crippen LogP contribution in [0.4, 0.5) is 5.69 Å². The number of allylic oxidation sites excluding steroid dienone is 2. The van der Waals surface area contributed by atoms with E-state index in [1.807, 2.05) is 25.1 Å². The van der Waals surface area contributed by atoms with Crippen LogP contribution in [0, 0.1) is 18.8 Å². The normalized spacial score (nSPS) is 25.2. The smallest absolute Gasteiger partial charge is 0.238 e. The number of benzene rings is 1. The summed E-state index contributed by atoms with van der Waals surface area (Å²) in [4.78, 5) is 26.3. The molecule has 1 aromatic rings. The van der Waals surface area contributed by atoms with Crippen molar-refractivity contribution in [3.8, 4) is 0 Å². The van der Waals surface area contributed by atoms with Gasteiger partial charge in [0.25, 0.3) is 0 Å². The minimum absolute atomic E-state index is 0.106. The summed E-state index contributed by atoms with van der Waals surface area (Å²) in [6.07, 6.45) is 5.26. The lowest BCUT2D eigenvalue weighted by Crippen LogP contribution is -2.31. The number of carbonyl (C=O) groups is 2. The third-order valence-electron chi connectivity index (χ3n) is 3.99. The summed E-state index contributed by atoms with van der Waals surface area (Å²) < 4.78 is 0.763. The Labute approximate surface area is 130 Å². The van der Waals surface area contributed by atoms with Gasteiger partial charge in [0, 0.05) is 4.47 Å². The van der Waals surface area contributed by atoms with Gasteiger partial charge in [-0.25, -0.2) is 4.90 Å². The molecule has 3 rings (SSSR count). The Kier molecular flexibility index (Phi) is 3.46. The fraction of sp³-hybridized carbons (Fsp3) is 0.333. The Hall–Kier alpha value is -1.13. The fourth-order valence-corrected chi connectivity index (χ4v) is 3.53. The maximum Gasteiger partial charge on any atom is 0.238 e. The van der Waals surface area contributed by atoms with Gasteiger partial charge in [0.05, 0.1) is 22.5 Å². The number of carbonyl (C=O) groups excluding carboxylic acids is 2. The molecule has 1 saturated heterocycles. The molecule has 3 nitrogen and oxygen atoms in total. The summed E-state index contributed by atoms with van der Waals surface area (Å²) in [5, 5.41) is 0.499.